The lowest BCUT2D eigenvalue weighted by Crippen LogP contribution is -2.39. The number of ether oxygens (including phenoxy) is 1. The van der Waals surface area contributed by atoms with Gasteiger partial charge in [-0.3, -0.25) is 18.5 Å². The first-order valence-electron chi connectivity index (χ1n) is 6.23. The lowest BCUT2D eigenvalue weighted by atomic mass is 10.4. The van der Waals surface area contributed by atoms with E-state index >= 15 is 0 Å². The van der Waals surface area contributed by atoms with Crippen molar-refractivity contribution in [1.29, 1.82) is 0 Å². The third-order valence-corrected chi connectivity index (χ3v) is 3.31. The Labute approximate surface area is 117 Å². The number of rotatable bonds is 2. The molecule has 1 aliphatic rings. The van der Waals surface area contributed by atoms with Gasteiger partial charge in [0.05, 0.1) is 6.61 Å². The van der Waals surface area contributed by atoms with E-state index in [1.165, 1.54) is 29.6 Å². The Hall–Kier alpha value is -2.01. The number of hydrogen-bond donors (Lipinski definition) is 1. The summed E-state index contributed by atoms with van der Waals surface area (Å²) in [6, 6.07) is 0. The average Bonchev–Trinajstić information content (AvgIpc) is 2.96. The number of imidazole rings is 1. The number of aliphatic hydroxyl groups excluding tert-OH is 1. The van der Waals surface area contributed by atoms with Crippen LogP contribution in [0.4, 0.5) is 0 Å². The van der Waals surface area contributed by atoms with Gasteiger partial charge in [0.25, 0.3) is 5.56 Å². The van der Waals surface area contributed by atoms with E-state index in [-0.39, 0.29) is 24.4 Å². The molecule has 21 heavy (non-hydrogen) atoms. The van der Waals surface area contributed by atoms with Crippen molar-refractivity contribution >= 4 is 11.2 Å². The summed E-state index contributed by atoms with van der Waals surface area (Å²) in [7, 11) is 2.84. The first-order chi connectivity index (χ1) is 10.0. The highest BCUT2D eigenvalue weighted by atomic mass is 17.2. The Balaban J connectivity index is 2.16. The number of hydrogen-bond acceptors (Lipinski definition) is 7. The van der Waals surface area contributed by atoms with Crippen molar-refractivity contribution in [3.05, 3.63) is 27.2 Å². The van der Waals surface area contributed by atoms with Gasteiger partial charge >= 0.3 is 5.69 Å². The van der Waals surface area contributed by atoms with Gasteiger partial charge in [0, 0.05) is 14.1 Å². The molecule has 10 heteroatoms. The maximum absolute atomic E-state index is 12.2. The van der Waals surface area contributed by atoms with E-state index in [1.807, 2.05) is 0 Å². The second-order valence-electron chi connectivity index (χ2n) is 4.60. The van der Waals surface area contributed by atoms with E-state index in [9.17, 15) is 14.7 Å². The minimum Gasteiger partial charge on any atom is -0.368 e. The molecule has 0 aromatic carbocycles. The van der Waals surface area contributed by atoms with Crippen molar-refractivity contribution in [2.24, 2.45) is 14.1 Å². The minimum atomic E-state index is -1.33. The van der Waals surface area contributed by atoms with Crippen molar-refractivity contribution in [3.8, 4) is 0 Å². The van der Waals surface area contributed by atoms with E-state index in [0.717, 1.165) is 4.57 Å². The first kappa shape index (κ1) is 13.9. The standard InChI is InChI=1S/C11H14N4O6/c1-13-7-6(8(16)14(2)11(13)18)15(5-12-7)9(17)10-19-3-4-20-21-10/h5,9-10,17H,3-4H2,1-2H3. The molecule has 3 rings (SSSR count). The Morgan fingerprint density at radius 2 is 2.10 bits per heavy atom. The van der Waals surface area contributed by atoms with Crippen LogP contribution in [-0.4, -0.2) is 43.3 Å². The van der Waals surface area contributed by atoms with Gasteiger partial charge in [0.15, 0.2) is 17.4 Å². The molecule has 2 unspecified atom stereocenters. The number of aliphatic hydroxyl groups is 1. The van der Waals surface area contributed by atoms with Crippen molar-refractivity contribution in [2.75, 3.05) is 13.2 Å². The predicted octanol–water partition coefficient (Wildman–Crippen LogP) is -1.77. The van der Waals surface area contributed by atoms with Crippen molar-refractivity contribution in [1.82, 2.24) is 18.7 Å². The van der Waals surface area contributed by atoms with Crippen LogP contribution in [0.25, 0.3) is 11.2 Å². The van der Waals surface area contributed by atoms with Crippen molar-refractivity contribution in [3.63, 3.8) is 0 Å². The number of aryl methyl sites for hydroxylation is 1. The lowest BCUT2D eigenvalue weighted by molar-refractivity contribution is -0.437. The van der Waals surface area contributed by atoms with Crippen LogP contribution in [0.2, 0.25) is 0 Å². The largest absolute Gasteiger partial charge is 0.368 e. The first-order valence-corrected chi connectivity index (χ1v) is 6.23. The van der Waals surface area contributed by atoms with Gasteiger partial charge in [0.2, 0.25) is 6.29 Å². The molecule has 114 valence electrons. The summed E-state index contributed by atoms with van der Waals surface area (Å²) in [5.41, 5.74) is -0.828. The SMILES string of the molecule is Cn1c(=O)c2c(ncn2C(O)C2OCCOO2)n(C)c1=O. The molecule has 0 amide bonds. The summed E-state index contributed by atoms with van der Waals surface area (Å²) in [6.07, 6.45) is -1.17. The van der Waals surface area contributed by atoms with Crippen LogP contribution >= 0.6 is 0 Å². The van der Waals surface area contributed by atoms with Crippen molar-refractivity contribution in [2.45, 2.75) is 12.5 Å². The molecule has 1 N–H and O–H groups in total. The van der Waals surface area contributed by atoms with Gasteiger partial charge in [0.1, 0.15) is 12.9 Å². The molecule has 0 aliphatic carbocycles. The van der Waals surface area contributed by atoms with Crippen LogP contribution in [0, 0.1) is 0 Å². The van der Waals surface area contributed by atoms with Crippen LogP contribution in [-0.2, 0) is 28.6 Å². The smallest absolute Gasteiger partial charge is 0.332 e. The maximum Gasteiger partial charge on any atom is 0.332 e. The zero-order valence-corrected chi connectivity index (χ0v) is 11.4. The summed E-state index contributed by atoms with van der Waals surface area (Å²) >= 11 is 0. The average molecular weight is 298 g/mol. The normalized spacial score (nSPS) is 20.8. The highest BCUT2D eigenvalue weighted by Gasteiger charge is 2.29. The summed E-state index contributed by atoms with van der Waals surface area (Å²) < 4.78 is 8.56. The van der Waals surface area contributed by atoms with Crippen LogP contribution < -0.4 is 11.2 Å². The van der Waals surface area contributed by atoms with Gasteiger partial charge in [-0.2, -0.15) is 4.89 Å². The molecular formula is C11H14N4O6. The summed E-state index contributed by atoms with van der Waals surface area (Å²) in [5, 5.41) is 10.3. The molecule has 3 heterocycles. The Kier molecular flexibility index (Phi) is 3.37. The number of fused-ring (bicyclic) bond motifs is 1. The van der Waals surface area contributed by atoms with Gasteiger partial charge in [-0.15, -0.1) is 0 Å². The van der Waals surface area contributed by atoms with Crippen molar-refractivity contribution < 1.29 is 19.6 Å². The lowest BCUT2D eigenvalue weighted by Gasteiger charge is -2.26. The van der Waals surface area contributed by atoms with Gasteiger partial charge in [-0.25, -0.2) is 14.7 Å². The van der Waals surface area contributed by atoms with Gasteiger partial charge < -0.3 is 9.84 Å². The van der Waals surface area contributed by atoms with E-state index < -0.39 is 23.8 Å². The predicted molar refractivity (Wildman–Crippen MR) is 68.2 cm³/mol. The number of nitrogens with zero attached hydrogens (tertiary/aromatic N) is 4. The van der Waals surface area contributed by atoms with E-state index in [4.69, 9.17) is 14.5 Å². The topological polar surface area (TPSA) is 110 Å². The highest BCUT2D eigenvalue weighted by Crippen LogP contribution is 2.19. The number of aromatic nitrogens is 4. The molecule has 1 saturated heterocycles. The zero-order valence-electron chi connectivity index (χ0n) is 11.4. The van der Waals surface area contributed by atoms with Crippen LogP contribution in [0.15, 0.2) is 15.9 Å². The molecule has 2 aromatic rings. The van der Waals surface area contributed by atoms with Gasteiger partial charge in [-0.1, -0.05) is 0 Å². The summed E-state index contributed by atoms with van der Waals surface area (Å²) in [6.45, 7) is 0.509. The third-order valence-electron chi connectivity index (χ3n) is 3.31. The minimum absolute atomic E-state index is 0.0740. The van der Waals surface area contributed by atoms with E-state index in [0.29, 0.717) is 0 Å². The Bertz CT molecular complexity index is 784. The fraction of sp³-hybridized carbons (Fsp3) is 0.545. The van der Waals surface area contributed by atoms with Crippen LogP contribution in [0.1, 0.15) is 6.23 Å². The molecule has 1 aliphatic heterocycles. The molecule has 2 atom stereocenters. The third kappa shape index (κ3) is 2.08. The Morgan fingerprint density at radius 3 is 2.76 bits per heavy atom. The monoisotopic (exact) mass is 298 g/mol. The molecule has 10 nitrogen and oxygen atoms in total. The van der Waals surface area contributed by atoms with Gasteiger partial charge in [-0.05, 0) is 0 Å². The fourth-order valence-corrected chi connectivity index (χ4v) is 2.17. The quantitative estimate of drug-likeness (QED) is 0.653. The van der Waals surface area contributed by atoms with E-state index in [1.54, 1.807) is 0 Å². The second-order valence-corrected chi connectivity index (χ2v) is 4.60. The molecular weight excluding hydrogens is 284 g/mol. The maximum atomic E-state index is 12.2. The van der Waals surface area contributed by atoms with E-state index in [2.05, 4.69) is 4.98 Å². The molecule has 0 spiro atoms. The fourth-order valence-electron chi connectivity index (χ4n) is 2.17. The second kappa shape index (κ2) is 5.07. The molecule has 0 bridgehead atoms. The molecule has 0 radical (unpaired) electrons. The highest BCUT2D eigenvalue weighted by molar-refractivity contribution is 5.70. The summed E-state index contributed by atoms with van der Waals surface area (Å²) in [4.78, 5) is 37.7. The van der Waals surface area contributed by atoms with Crippen LogP contribution in [0.3, 0.4) is 0 Å². The molecule has 0 saturated carbocycles. The zero-order chi connectivity index (χ0) is 15.1. The molecule has 1 fully saturated rings. The molecule has 2 aromatic heterocycles. The van der Waals surface area contributed by atoms with Crippen LogP contribution in [0.5, 0.6) is 0 Å². The Morgan fingerprint density at radius 1 is 1.33 bits per heavy atom. The summed E-state index contributed by atoms with van der Waals surface area (Å²) in [5.74, 6) is 0.